The summed E-state index contributed by atoms with van der Waals surface area (Å²) < 4.78 is 5.68. The number of thiazole rings is 1. The first kappa shape index (κ1) is 23.7. The Balaban J connectivity index is 0.00000364. The van der Waals surface area contributed by atoms with Crippen LogP contribution in [0, 0.1) is 13.8 Å². The molecular weight excluding hydrogens is 471 g/mol. The molecule has 2 aromatic rings. The molecule has 0 aliphatic carbocycles. The molecule has 27 heavy (non-hydrogen) atoms. The minimum atomic E-state index is 0. The Hall–Kier alpha value is -1.35. The van der Waals surface area contributed by atoms with Crippen LogP contribution >= 0.6 is 35.3 Å². The predicted molar refractivity (Wildman–Crippen MR) is 126 cm³/mol. The molecule has 0 bridgehead atoms. The van der Waals surface area contributed by atoms with Crippen molar-refractivity contribution in [3.63, 3.8) is 0 Å². The van der Waals surface area contributed by atoms with E-state index in [9.17, 15) is 0 Å². The second-order valence-corrected chi connectivity index (χ2v) is 7.72. The lowest BCUT2D eigenvalue weighted by molar-refractivity contribution is 0.242. The van der Waals surface area contributed by atoms with Gasteiger partial charge in [-0.25, -0.2) is 9.98 Å². The number of halogens is 1. The van der Waals surface area contributed by atoms with Crippen LogP contribution in [0.5, 0.6) is 5.75 Å². The van der Waals surface area contributed by atoms with Gasteiger partial charge in [0.15, 0.2) is 5.96 Å². The van der Waals surface area contributed by atoms with E-state index in [0.717, 1.165) is 41.9 Å². The van der Waals surface area contributed by atoms with Crippen LogP contribution in [-0.4, -0.2) is 30.1 Å². The van der Waals surface area contributed by atoms with Crippen LogP contribution in [0.1, 0.15) is 41.9 Å². The monoisotopic (exact) mass is 502 g/mol. The molecule has 2 N–H and O–H groups in total. The first-order chi connectivity index (χ1) is 12.5. The zero-order valence-corrected chi connectivity index (χ0v) is 20.0. The Kier molecular flexibility index (Phi) is 10.7. The highest BCUT2D eigenvalue weighted by Crippen LogP contribution is 2.17. The third-order valence-corrected chi connectivity index (χ3v) is 4.85. The molecule has 1 heterocycles. The van der Waals surface area contributed by atoms with E-state index in [4.69, 9.17) is 4.74 Å². The summed E-state index contributed by atoms with van der Waals surface area (Å²) in [6.07, 6.45) is 1.13. The van der Waals surface area contributed by atoms with Gasteiger partial charge < -0.3 is 15.4 Å². The van der Waals surface area contributed by atoms with Crippen molar-refractivity contribution >= 4 is 41.3 Å². The van der Waals surface area contributed by atoms with Gasteiger partial charge in [0, 0.05) is 18.0 Å². The van der Waals surface area contributed by atoms with E-state index in [0.29, 0.717) is 6.54 Å². The summed E-state index contributed by atoms with van der Waals surface area (Å²) in [6, 6.07) is 8.29. The molecule has 0 atom stereocenters. The lowest BCUT2D eigenvalue weighted by Gasteiger charge is -2.12. The standard InChI is InChI=1S/C20H30N4OS.HI/c1-6-21-20(23-13-19-24-15(4)16(5)26-19)22-12-11-17-7-9-18(10-8-17)25-14(2)3;/h7-10,14H,6,11-13H2,1-5H3,(H2,21,22,23);1H. The number of nitrogens with zero attached hydrogens (tertiary/aromatic N) is 2. The number of aryl methyl sites for hydroxylation is 2. The Morgan fingerprint density at radius 2 is 1.89 bits per heavy atom. The molecular formula is C20H31IN4OS. The fraction of sp³-hybridized carbons (Fsp3) is 0.500. The van der Waals surface area contributed by atoms with E-state index < -0.39 is 0 Å². The SMILES string of the molecule is CCNC(=NCc1nc(C)c(C)s1)NCCc1ccc(OC(C)C)cc1.I. The molecule has 0 fully saturated rings. The molecule has 1 aromatic heterocycles. The number of aromatic nitrogens is 1. The van der Waals surface area contributed by atoms with Gasteiger partial charge in [0.05, 0.1) is 18.3 Å². The molecule has 5 nitrogen and oxygen atoms in total. The topological polar surface area (TPSA) is 58.5 Å². The van der Waals surface area contributed by atoms with Crippen LogP contribution in [0.3, 0.4) is 0 Å². The normalized spacial score (nSPS) is 11.3. The number of ether oxygens (including phenoxy) is 1. The van der Waals surface area contributed by atoms with Crippen molar-refractivity contribution in [2.75, 3.05) is 13.1 Å². The molecule has 0 amide bonds. The fourth-order valence-corrected chi connectivity index (χ4v) is 3.29. The Labute approximate surface area is 184 Å². The van der Waals surface area contributed by atoms with Crippen LogP contribution in [0.25, 0.3) is 0 Å². The largest absolute Gasteiger partial charge is 0.491 e. The van der Waals surface area contributed by atoms with Crippen LogP contribution < -0.4 is 15.4 Å². The van der Waals surface area contributed by atoms with Crippen LogP contribution in [0.2, 0.25) is 0 Å². The smallest absolute Gasteiger partial charge is 0.191 e. The van der Waals surface area contributed by atoms with Gasteiger partial charge in [-0.05, 0) is 58.7 Å². The van der Waals surface area contributed by atoms with Crippen LogP contribution in [0.15, 0.2) is 29.3 Å². The summed E-state index contributed by atoms with van der Waals surface area (Å²) in [4.78, 5) is 10.4. The number of nitrogens with one attached hydrogen (secondary N) is 2. The lowest BCUT2D eigenvalue weighted by atomic mass is 10.1. The zero-order chi connectivity index (χ0) is 18.9. The maximum Gasteiger partial charge on any atom is 0.191 e. The van der Waals surface area contributed by atoms with E-state index >= 15 is 0 Å². The second-order valence-electron chi connectivity index (χ2n) is 6.43. The van der Waals surface area contributed by atoms with Gasteiger partial charge in [-0.3, -0.25) is 0 Å². The van der Waals surface area contributed by atoms with E-state index in [2.05, 4.69) is 46.6 Å². The third kappa shape index (κ3) is 8.47. The second kappa shape index (κ2) is 12.2. The molecule has 1 aromatic carbocycles. The van der Waals surface area contributed by atoms with Crippen molar-refractivity contribution in [3.8, 4) is 5.75 Å². The highest BCUT2D eigenvalue weighted by Gasteiger charge is 2.04. The van der Waals surface area contributed by atoms with Gasteiger partial charge in [-0.2, -0.15) is 0 Å². The van der Waals surface area contributed by atoms with Gasteiger partial charge in [-0.1, -0.05) is 12.1 Å². The number of rotatable bonds is 8. The molecule has 0 spiro atoms. The molecule has 0 radical (unpaired) electrons. The Morgan fingerprint density at radius 1 is 1.19 bits per heavy atom. The summed E-state index contributed by atoms with van der Waals surface area (Å²) in [5, 5.41) is 7.73. The van der Waals surface area contributed by atoms with Crippen molar-refractivity contribution in [2.24, 2.45) is 4.99 Å². The van der Waals surface area contributed by atoms with Gasteiger partial charge >= 0.3 is 0 Å². The summed E-state index contributed by atoms with van der Waals surface area (Å²) in [6.45, 7) is 12.6. The van der Waals surface area contributed by atoms with E-state index in [1.807, 2.05) is 32.9 Å². The molecule has 2 rings (SSSR count). The number of guanidine groups is 1. The van der Waals surface area contributed by atoms with E-state index in [1.54, 1.807) is 11.3 Å². The highest BCUT2D eigenvalue weighted by molar-refractivity contribution is 14.0. The van der Waals surface area contributed by atoms with Gasteiger partial charge in [0.25, 0.3) is 0 Å². The minimum Gasteiger partial charge on any atom is -0.491 e. The van der Waals surface area contributed by atoms with E-state index in [-0.39, 0.29) is 30.1 Å². The maximum atomic E-state index is 5.68. The highest BCUT2D eigenvalue weighted by atomic mass is 127. The first-order valence-corrected chi connectivity index (χ1v) is 10.00. The van der Waals surface area contributed by atoms with Gasteiger partial charge in [0.1, 0.15) is 10.8 Å². The summed E-state index contributed by atoms with van der Waals surface area (Å²) in [5.41, 5.74) is 2.37. The first-order valence-electron chi connectivity index (χ1n) is 9.18. The maximum absolute atomic E-state index is 5.68. The number of hydrogen-bond donors (Lipinski definition) is 2. The molecule has 0 aliphatic rings. The lowest BCUT2D eigenvalue weighted by Crippen LogP contribution is -2.38. The average Bonchev–Trinajstić information content (AvgIpc) is 2.92. The van der Waals surface area contributed by atoms with Crippen molar-refractivity contribution in [1.29, 1.82) is 0 Å². The molecule has 150 valence electrons. The molecule has 0 saturated carbocycles. The van der Waals surface area contributed by atoms with Gasteiger partial charge in [-0.15, -0.1) is 35.3 Å². The van der Waals surface area contributed by atoms with Crippen molar-refractivity contribution in [2.45, 2.75) is 53.7 Å². The molecule has 0 unspecified atom stereocenters. The van der Waals surface area contributed by atoms with Crippen molar-refractivity contribution in [1.82, 2.24) is 15.6 Å². The molecule has 0 aliphatic heterocycles. The van der Waals surface area contributed by atoms with Gasteiger partial charge in [0.2, 0.25) is 0 Å². The van der Waals surface area contributed by atoms with E-state index in [1.165, 1.54) is 10.4 Å². The van der Waals surface area contributed by atoms with Crippen LogP contribution in [0.4, 0.5) is 0 Å². The predicted octanol–water partition coefficient (Wildman–Crippen LogP) is 4.46. The van der Waals surface area contributed by atoms with Crippen molar-refractivity contribution in [3.05, 3.63) is 45.4 Å². The number of hydrogen-bond acceptors (Lipinski definition) is 4. The Morgan fingerprint density at radius 3 is 2.44 bits per heavy atom. The molecule has 0 saturated heterocycles. The Bertz CT molecular complexity index is 694. The zero-order valence-electron chi connectivity index (χ0n) is 16.8. The van der Waals surface area contributed by atoms with Crippen LogP contribution in [-0.2, 0) is 13.0 Å². The summed E-state index contributed by atoms with van der Waals surface area (Å²) >= 11 is 1.71. The number of benzene rings is 1. The molecule has 7 heteroatoms. The average molecular weight is 502 g/mol. The number of aliphatic imine (C=N–C) groups is 1. The summed E-state index contributed by atoms with van der Waals surface area (Å²) in [5.74, 6) is 1.75. The minimum absolute atomic E-state index is 0. The quantitative estimate of drug-likeness (QED) is 0.318. The third-order valence-electron chi connectivity index (χ3n) is 3.79. The summed E-state index contributed by atoms with van der Waals surface area (Å²) in [7, 11) is 0. The van der Waals surface area contributed by atoms with Crippen molar-refractivity contribution < 1.29 is 4.74 Å². The fourth-order valence-electron chi connectivity index (χ4n) is 2.43.